The molecule has 24 heavy (non-hydrogen) atoms. The maximum absolute atomic E-state index is 13.3. The summed E-state index contributed by atoms with van der Waals surface area (Å²) in [6, 6.07) is 6.28. The van der Waals surface area contributed by atoms with Crippen LogP contribution in [0.1, 0.15) is 32.3 Å². The van der Waals surface area contributed by atoms with Gasteiger partial charge in [0.1, 0.15) is 11.5 Å². The van der Waals surface area contributed by atoms with Crippen LogP contribution < -0.4 is 5.32 Å². The van der Waals surface area contributed by atoms with Crippen LogP contribution >= 0.6 is 0 Å². The second-order valence-electron chi connectivity index (χ2n) is 6.18. The Morgan fingerprint density at radius 1 is 1.33 bits per heavy atom. The van der Waals surface area contributed by atoms with Gasteiger partial charge in [0, 0.05) is 18.4 Å². The molecule has 1 aromatic rings. The number of nitrogens with one attached hydrogen (secondary N) is 1. The molecule has 0 fully saturated rings. The van der Waals surface area contributed by atoms with E-state index < -0.39 is 0 Å². The third-order valence-corrected chi connectivity index (χ3v) is 4.22. The number of amides is 1. The summed E-state index contributed by atoms with van der Waals surface area (Å²) in [5.74, 6) is -0.432. The molecule has 0 aliphatic carbocycles. The average molecular weight is 324 g/mol. The standard InChI is InChI=1S/C20H21FN2O/c1-14-9-10-23-18(11-14)8-3-5-15(2)19(23)20(24)22-13-16-6-4-7-17(21)12-16/h4,6-12H,3,5,13H2,1-2H3,(H,22,24). The van der Waals surface area contributed by atoms with Crippen LogP contribution in [0.5, 0.6) is 0 Å². The first-order chi connectivity index (χ1) is 11.5. The molecular formula is C20H21FN2O. The van der Waals surface area contributed by atoms with Crippen LogP contribution in [0.15, 0.2) is 71.2 Å². The Morgan fingerprint density at radius 3 is 2.96 bits per heavy atom. The molecule has 2 heterocycles. The van der Waals surface area contributed by atoms with Crippen LogP contribution in [-0.2, 0) is 11.3 Å². The predicted molar refractivity (Wildman–Crippen MR) is 93.0 cm³/mol. The van der Waals surface area contributed by atoms with Crippen molar-refractivity contribution in [3.63, 3.8) is 0 Å². The van der Waals surface area contributed by atoms with Gasteiger partial charge >= 0.3 is 0 Å². The Labute approximate surface area is 141 Å². The average Bonchev–Trinajstić information content (AvgIpc) is 2.70. The monoisotopic (exact) mass is 324 g/mol. The molecule has 0 spiro atoms. The van der Waals surface area contributed by atoms with Gasteiger partial charge in [-0.1, -0.05) is 18.2 Å². The molecule has 3 nitrogen and oxygen atoms in total. The number of carbonyl (C=O) groups excluding carboxylic acids is 1. The summed E-state index contributed by atoms with van der Waals surface area (Å²) in [6.45, 7) is 4.34. The fourth-order valence-electron chi connectivity index (χ4n) is 2.97. The summed E-state index contributed by atoms with van der Waals surface area (Å²) >= 11 is 0. The quantitative estimate of drug-likeness (QED) is 0.905. The molecule has 2 aliphatic rings. The summed E-state index contributed by atoms with van der Waals surface area (Å²) in [5, 5.41) is 2.91. The molecule has 1 aromatic carbocycles. The summed E-state index contributed by atoms with van der Waals surface area (Å²) in [6.07, 6.45) is 9.93. The molecule has 0 aromatic heterocycles. The maximum atomic E-state index is 13.3. The normalized spacial score (nSPS) is 17.0. The molecule has 0 atom stereocenters. The molecular weight excluding hydrogens is 303 g/mol. The third kappa shape index (κ3) is 3.48. The van der Waals surface area contributed by atoms with Gasteiger partial charge in [-0.2, -0.15) is 0 Å². The van der Waals surface area contributed by atoms with Crippen molar-refractivity contribution in [1.29, 1.82) is 0 Å². The Hall–Kier alpha value is -2.62. The van der Waals surface area contributed by atoms with Gasteiger partial charge in [-0.25, -0.2) is 4.39 Å². The highest BCUT2D eigenvalue weighted by Crippen LogP contribution is 2.29. The number of rotatable bonds is 3. The molecule has 2 aliphatic heterocycles. The fourth-order valence-corrected chi connectivity index (χ4v) is 2.97. The molecule has 124 valence electrons. The lowest BCUT2D eigenvalue weighted by Gasteiger charge is -2.27. The van der Waals surface area contributed by atoms with Crippen LogP contribution in [0.2, 0.25) is 0 Å². The van der Waals surface area contributed by atoms with Gasteiger partial charge in [-0.05, 0) is 67.7 Å². The van der Waals surface area contributed by atoms with Crippen molar-refractivity contribution < 1.29 is 9.18 Å². The number of fused-ring (bicyclic) bond motifs is 1. The Bertz CT molecular complexity index is 787. The van der Waals surface area contributed by atoms with Crippen molar-refractivity contribution in [3.05, 3.63) is 82.6 Å². The second-order valence-corrected chi connectivity index (χ2v) is 6.18. The third-order valence-electron chi connectivity index (χ3n) is 4.22. The van der Waals surface area contributed by atoms with E-state index in [1.807, 2.05) is 31.0 Å². The highest BCUT2D eigenvalue weighted by molar-refractivity contribution is 5.94. The number of benzene rings is 1. The number of hydrogen-bond donors (Lipinski definition) is 1. The Kier molecular flexibility index (Phi) is 4.65. The van der Waals surface area contributed by atoms with E-state index in [-0.39, 0.29) is 11.7 Å². The summed E-state index contributed by atoms with van der Waals surface area (Å²) < 4.78 is 13.3. The fraction of sp³-hybridized carbons (Fsp3) is 0.250. The first-order valence-corrected chi connectivity index (χ1v) is 8.13. The lowest BCUT2D eigenvalue weighted by atomic mass is 10.1. The lowest BCUT2D eigenvalue weighted by molar-refractivity contribution is -0.118. The molecule has 0 unspecified atom stereocenters. The zero-order chi connectivity index (χ0) is 17.1. The van der Waals surface area contributed by atoms with Crippen LogP contribution in [0, 0.1) is 5.82 Å². The van der Waals surface area contributed by atoms with Gasteiger partial charge in [0.2, 0.25) is 0 Å². The largest absolute Gasteiger partial charge is 0.347 e. The molecule has 1 N–H and O–H groups in total. The topological polar surface area (TPSA) is 32.3 Å². The summed E-state index contributed by atoms with van der Waals surface area (Å²) in [4.78, 5) is 14.7. The summed E-state index contributed by atoms with van der Waals surface area (Å²) in [5.41, 5.74) is 4.65. The molecule has 3 rings (SSSR count). The van der Waals surface area contributed by atoms with Crippen molar-refractivity contribution >= 4 is 5.91 Å². The highest BCUT2D eigenvalue weighted by Gasteiger charge is 2.24. The minimum atomic E-state index is -0.295. The lowest BCUT2D eigenvalue weighted by Crippen LogP contribution is -2.33. The van der Waals surface area contributed by atoms with E-state index in [0.29, 0.717) is 12.2 Å². The predicted octanol–water partition coefficient (Wildman–Crippen LogP) is 4.17. The number of hydrogen-bond acceptors (Lipinski definition) is 2. The van der Waals surface area contributed by atoms with Crippen molar-refractivity contribution in [2.75, 3.05) is 0 Å². The smallest absolute Gasteiger partial charge is 0.268 e. The molecule has 4 heteroatoms. The van der Waals surface area contributed by atoms with Gasteiger partial charge < -0.3 is 10.2 Å². The minimum absolute atomic E-state index is 0.137. The van der Waals surface area contributed by atoms with Crippen molar-refractivity contribution in [2.24, 2.45) is 0 Å². The number of halogens is 1. The van der Waals surface area contributed by atoms with E-state index in [0.717, 1.165) is 35.2 Å². The first kappa shape index (κ1) is 16.2. The van der Waals surface area contributed by atoms with Crippen LogP contribution in [0.25, 0.3) is 0 Å². The molecule has 0 bridgehead atoms. The van der Waals surface area contributed by atoms with Gasteiger partial charge in [-0.3, -0.25) is 4.79 Å². The zero-order valence-corrected chi connectivity index (χ0v) is 14.0. The molecule has 1 amide bonds. The second kappa shape index (κ2) is 6.87. The van der Waals surface area contributed by atoms with Gasteiger partial charge in [-0.15, -0.1) is 0 Å². The van der Waals surface area contributed by atoms with E-state index in [1.165, 1.54) is 12.1 Å². The molecule has 0 saturated heterocycles. The van der Waals surface area contributed by atoms with E-state index in [1.54, 1.807) is 12.1 Å². The van der Waals surface area contributed by atoms with Crippen LogP contribution in [0.4, 0.5) is 4.39 Å². The Balaban J connectivity index is 1.79. The molecule has 0 radical (unpaired) electrons. The van der Waals surface area contributed by atoms with E-state index >= 15 is 0 Å². The first-order valence-electron chi connectivity index (χ1n) is 8.13. The van der Waals surface area contributed by atoms with E-state index in [9.17, 15) is 9.18 Å². The number of allylic oxidation sites excluding steroid dienone is 5. The SMILES string of the molecule is CC1=CC2=CCCC(C)=C(C(=O)NCc3cccc(F)c3)N2C=C1. The number of carbonyl (C=O) groups is 1. The zero-order valence-electron chi connectivity index (χ0n) is 14.0. The van der Waals surface area contributed by atoms with E-state index in [2.05, 4.69) is 17.5 Å². The number of nitrogens with zero attached hydrogens (tertiary/aromatic N) is 1. The summed E-state index contributed by atoms with van der Waals surface area (Å²) in [7, 11) is 0. The highest BCUT2D eigenvalue weighted by atomic mass is 19.1. The van der Waals surface area contributed by atoms with Gasteiger partial charge in [0.25, 0.3) is 5.91 Å². The maximum Gasteiger partial charge on any atom is 0.268 e. The minimum Gasteiger partial charge on any atom is -0.347 e. The van der Waals surface area contributed by atoms with E-state index in [4.69, 9.17) is 0 Å². The van der Waals surface area contributed by atoms with Crippen LogP contribution in [0.3, 0.4) is 0 Å². The Morgan fingerprint density at radius 2 is 2.17 bits per heavy atom. The van der Waals surface area contributed by atoms with Crippen molar-refractivity contribution in [2.45, 2.75) is 33.2 Å². The van der Waals surface area contributed by atoms with Gasteiger partial charge in [0.15, 0.2) is 0 Å². The van der Waals surface area contributed by atoms with Gasteiger partial charge in [0.05, 0.1) is 0 Å². The van der Waals surface area contributed by atoms with Crippen molar-refractivity contribution in [1.82, 2.24) is 10.2 Å². The molecule has 0 saturated carbocycles. The van der Waals surface area contributed by atoms with Crippen LogP contribution in [-0.4, -0.2) is 10.8 Å². The van der Waals surface area contributed by atoms with Crippen molar-refractivity contribution in [3.8, 4) is 0 Å².